The number of fused-ring (bicyclic) bond motifs is 1. The molecule has 0 saturated heterocycles. The fourth-order valence-electron chi connectivity index (χ4n) is 2.45. The van der Waals surface area contributed by atoms with Gasteiger partial charge in [-0.15, -0.1) is 0 Å². The summed E-state index contributed by atoms with van der Waals surface area (Å²) < 4.78 is 14.7. The van der Waals surface area contributed by atoms with Gasteiger partial charge in [-0.05, 0) is 0 Å². The fraction of sp³-hybridized carbons (Fsp3) is 0.125. The van der Waals surface area contributed by atoms with Crippen LogP contribution < -0.4 is 4.90 Å². The van der Waals surface area contributed by atoms with E-state index in [1.807, 2.05) is 6.07 Å². The van der Waals surface area contributed by atoms with E-state index in [0.29, 0.717) is 0 Å². The summed E-state index contributed by atoms with van der Waals surface area (Å²) in [6.45, 7) is 1.67. The number of hydrogen-bond donors (Lipinski definition) is 0. The Labute approximate surface area is 121 Å². The van der Waals surface area contributed by atoms with Gasteiger partial charge in [0.2, 0.25) is 0 Å². The van der Waals surface area contributed by atoms with Gasteiger partial charge in [0.1, 0.15) is 0 Å². The van der Waals surface area contributed by atoms with Crippen molar-refractivity contribution in [1.29, 1.82) is 0 Å². The van der Waals surface area contributed by atoms with Crippen LogP contribution in [0.15, 0.2) is 52.9 Å². The Kier molecular flexibility index (Phi) is 3.44. The Hall–Kier alpha value is -1.53. The molecule has 0 aliphatic carbocycles. The third kappa shape index (κ3) is 2.74. The van der Waals surface area contributed by atoms with Crippen LogP contribution in [-0.2, 0) is 6.54 Å². The number of para-hydroxylation sites is 1. The molecule has 3 rings (SSSR count). The van der Waals surface area contributed by atoms with Crippen molar-refractivity contribution in [3.8, 4) is 0 Å². The summed E-state index contributed by atoms with van der Waals surface area (Å²) in [5.74, 6) is -0.167. The second-order valence-corrected chi connectivity index (χ2v) is 6.32. The summed E-state index contributed by atoms with van der Waals surface area (Å²) in [7, 11) is 0. The SMILES string of the molecule is Fc1cccc(CN2CC([AsH2])=Cc3ccccc32)c1. The molecular formula is C16H15AsFN. The molecule has 0 radical (unpaired) electrons. The molecule has 0 N–H and O–H groups in total. The zero-order valence-corrected chi connectivity index (χ0v) is 12.9. The second kappa shape index (κ2) is 5.22. The topological polar surface area (TPSA) is 3.24 Å². The van der Waals surface area contributed by atoms with Crippen molar-refractivity contribution in [2.75, 3.05) is 11.4 Å². The van der Waals surface area contributed by atoms with Crippen molar-refractivity contribution in [2.24, 2.45) is 0 Å². The van der Waals surface area contributed by atoms with Crippen LogP contribution >= 0.6 is 0 Å². The van der Waals surface area contributed by atoms with Gasteiger partial charge < -0.3 is 0 Å². The Bertz CT molecular complexity index is 636. The Balaban J connectivity index is 1.92. The molecule has 0 spiro atoms. The fourth-order valence-corrected chi connectivity index (χ4v) is 3.28. The minimum absolute atomic E-state index is 0.167. The van der Waals surface area contributed by atoms with Crippen LogP contribution in [0.2, 0.25) is 0 Å². The third-order valence-corrected chi connectivity index (χ3v) is 3.99. The van der Waals surface area contributed by atoms with E-state index in [1.165, 1.54) is 21.7 Å². The van der Waals surface area contributed by atoms with Crippen LogP contribution in [0.1, 0.15) is 11.1 Å². The molecule has 1 aliphatic heterocycles. The first-order valence-electron chi connectivity index (χ1n) is 6.27. The van der Waals surface area contributed by atoms with Gasteiger partial charge in [-0.2, -0.15) is 0 Å². The van der Waals surface area contributed by atoms with E-state index in [1.54, 1.807) is 29.0 Å². The number of benzene rings is 2. The van der Waals surface area contributed by atoms with Gasteiger partial charge in [0.25, 0.3) is 0 Å². The first kappa shape index (κ1) is 12.5. The number of nitrogens with zero attached hydrogens (tertiary/aromatic N) is 1. The van der Waals surface area contributed by atoms with Crippen LogP contribution in [0.5, 0.6) is 0 Å². The molecule has 2 aromatic rings. The summed E-state index contributed by atoms with van der Waals surface area (Å²) in [5, 5.41) is 0. The van der Waals surface area contributed by atoms with Gasteiger partial charge in [-0.3, -0.25) is 0 Å². The summed E-state index contributed by atoms with van der Waals surface area (Å²) >= 11 is 1.65. The van der Waals surface area contributed by atoms with E-state index in [-0.39, 0.29) is 5.82 Å². The normalized spacial score (nSPS) is 14.0. The van der Waals surface area contributed by atoms with Crippen molar-refractivity contribution in [3.05, 3.63) is 69.8 Å². The molecule has 3 heteroatoms. The van der Waals surface area contributed by atoms with Crippen molar-refractivity contribution < 1.29 is 4.39 Å². The number of rotatable bonds is 2. The molecule has 0 saturated carbocycles. The molecule has 2 aromatic carbocycles. The van der Waals surface area contributed by atoms with E-state index in [9.17, 15) is 4.39 Å². The van der Waals surface area contributed by atoms with Crippen LogP contribution in [0, 0.1) is 5.82 Å². The summed E-state index contributed by atoms with van der Waals surface area (Å²) in [4.78, 5) is 2.31. The van der Waals surface area contributed by atoms with Crippen molar-refractivity contribution in [3.63, 3.8) is 0 Å². The molecule has 0 amide bonds. The monoisotopic (exact) mass is 315 g/mol. The van der Waals surface area contributed by atoms with Crippen molar-refractivity contribution in [2.45, 2.75) is 6.54 Å². The average Bonchev–Trinajstić information content (AvgIpc) is 2.38. The number of anilines is 1. The maximum atomic E-state index is 13.3. The standard InChI is InChI=1S/C16H15AsFN/c17-14-9-13-5-1-2-7-16(13)19(11-14)10-12-4-3-6-15(18)8-12/h1-9H,10-11,17H2. The minimum atomic E-state index is -0.167. The van der Waals surface area contributed by atoms with Crippen LogP contribution in [0.3, 0.4) is 0 Å². The second-order valence-electron chi connectivity index (χ2n) is 4.76. The third-order valence-electron chi connectivity index (χ3n) is 3.25. The molecule has 0 fully saturated rings. The summed E-state index contributed by atoms with van der Waals surface area (Å²) in [6.07, 6.45) is 2.25. The van der Waals surface area contributed by atoms with E-state index in [4.69, 9.17) is 0 Å². The first-order valence-corrected chi connectivity index (χ1v) is 7.48. The average molecular weight is 315 g/mol. The van der Waals surface area contributed by atoms with Crippen LogP contribution in [0.25, 0.3) is 6.08 Å². The van der Waals surface area contributed by atoms with Gasteiger partial charge >= 0.3 is 121 Å². The quantitative estimate of drug-likeness (QED) is 0.771. The van der Waals surface area contributed by atoms with E-state index in [0.717, 1.165) is 18.7 Å². The molecular weight excluding hydrogens is 300 g/mol. The molecule has 0 aromatic heterocycles. The molecule has 1 unspecified atom stereocenters. The van der Waals surface area contributed by atoms with Gasteiger partial charge in [-0.1, -0.05) is 0 Å². The van der Waals surface area contributed by atoms with E-state index in [2.05, 4.69) is 35.2 Å². The van der Waals surface area contributed by atoms with Crippen LogP contribution in [0.4, 0.5) is 10.1 Å². The molecule has 1 nitrogen and oxygen atoms in total. The molecule has 1 heterocycles. The summed E-state index contributed by atoms with van der Waals surface area (Å²) in [6, 6.07) is 15.2. The zero-order chi connectivity index (χ0) is 13.2. The number of halogens is 1. The first-order chi connectivity index (χ1) is 9.22. The predicted molar refractivity (Wildman–Crippen MR) is 80.4 cm³/mol. The predicted octanol–water partition coefficient (Wildman–Crippen LogP) is 2.82. The Morgan fingerprint density at radius 2 is 1.95 bits per heavy atom. The Morgan fingerprint density at radius 3 is 2.79 bits per heavy atom. The molecule has 19 heavy (non-hydrogen) atoms. The van der Waals surface area contributed by atoms with E-state index >= 15 is 0 Å². The summed E-state index contributed by atoms with van der Waals surface area (Å²) in [5.41, 5.74) is 3.50. The zero-order valence-electron chi connectivity index (χ0n) is 10.5. The molecule has 1 aliphatic rings. The number of hydrogen-bond acceptors (Lipinski definition) is 1. The van der Waals surface area contributed by atoms with Gasteiger partial charge in [0.05, 0.1) is 0 Å². The van der Waals surface area contributed by atoms with Gasteiger partial charge in [0.15, 0.2) is 0 Å². The van der Waals surface area contributed by atoms with Crippen LogP contribution in [-0.4, -0.2) is 23.4 Å². The molecule has 1 atom stereocenters. The van der Waals surface area contributed by atoms with Gasteiger partial charge in [0, 0.05) is 0 Å². The van der Waals surface area contributed by atoms with Gasteiger partial charge in [-0.25, -0.2) is 0 Å². The molecule has 0 bridgehead atoms. The van der Waals surface area contributed by atoms with Crippen molar-refractivity contribution in [1.82, 2.24) is 0 Å². The molecule has 96 valence electrons. The van der Waals surface area contributed by atoms with E-state index < -0.39 is 0 Å². The Morgan fingerprint density at radius 1 is 1.11 bits per heavy atom. The van der Waals surface area contributed by atoms with Crippen molar-refractivity contribution >= 4 is 28.6 Å². The maximum absolute atomic E-state index is 13.3.